The molecule has 0 amide bonds. The molecule has 9 heteroatoms. The topological polar surface area (TPSA) is 18.5 Å². The first kappa shape index (κ1) is 45.9. The average molecular weight is 967 g/mol. The van der Waals surface area contributed by atoms with Gasteiger partial charge in [-0.3, -0.25) is 0 Å². The van der Waals surface area contributed by atoms with E-state index in [9.17, 15) is 0 Å². The van der Waals surface area contributed by atoms with Crippen molar-refractivity contribution in [2.45, 2.75) is 83.1 Å². The summed E-state index contributed by atoms with van der Waals surface area (Å²) in [6, 6.07) is 37.4. The molecule has 336 valence electrons. The summed E-state index contributed by atoms with van der Waals surface area (Å²) in [5.74, 6) is 1.76. The van der Waals surface area contributed by atoms with Crippen LogP contribution in [0, 0.1) is 83.1 Å². The molecule has 0 saturated carbocycles. The Labute approximate surface area is 418 Å². The van der Waals surface area contributed by atoms with Gasteiger partial charge in [-0.15, -0.1) is 56.7 Å². The van der Waals surface area contributed by atoms with Gasteiger partial charge < -0.3 is 9.47 Å². The van der Waals surface area contributed by atoms with Crippen LogP contribution in [0.5, 0.6) is 11.5 Å². The lowest BCUT2D eigenvalue weighted by Crippen LogP contribution is -2.54. The number of hydrogen-bond donors (Lipinski definition) is 0. The van der Waals surface area contributed by atoms with Crippen LogP contribution in [0.3, 0.4) is 0 Å². The van der Waals surface area contributed by atoms with Crippen LogP contribution in [0.4, 0.5) is 0 Å². The quantitative estimate of drug-likeness (QED) is 0.127. The van der Waals surface area contributed by atoms with E-state index in [-0.39, 0.29) is 13.4 Å². The minimum Gasteiger partial charge on any atom is -0.485 e. The van der Waals surface area contributed by atoms with Gasteiger partial charge in [-0.05, 0) is 129 Å². The van der Waals surface area contributed by atoms with Crippen LogP contribution in [0.1, 0.15) is 66.8 Å². The lowest BCUT2D eigenvalue weighted by atomic mass is 9.37. The molecule has 0 aliphatic carbocycles. The van der Waals surface area contributed by atoms with Crippen LogP contribution in [0.15, 0.2) is 97.1 Å². The molecule has 0 saturated heterocycles. The number of hydrogen-bond acceptors (Lipinski definition) is 7. The highest BCUT2D eigenvalue weighted by Gasteiger charge is 2.33. The van der Waals surface area contributed by atoms with Crippen molar-refractivity contribution in [3.8, 4) is 50.5 Å². The molecule has 1 aliphatic heterocycles. The number of fused-ring (bicyclic) bond motifs is 1. The van der Waals surface area contributed by atoms with Gasteiger partial charge in [0.2, 0.25) is 0 Å². The molecule has 0 fully saturated rings. The maximum Gasteiger partial charge on any atom is 0.255 e. The second-order valence-corrected chi connectivity index (χ2v) is 24.4. The van der Waals surface area contributed by atoms with Crippen molar-refractivity contribution in [1.82, 2.24) is 0 Å². The Morgan fingerprint density at radius 3 is 0.866 bits per heavy atom. The van der Waals surface area contributed by atoms with Gasteiger partial charge in [0.05, 0.1) is 9.75 Å². The smallest absolute Gasteiger partial charge is 0.255 e. The van der Waals surface area contributed by atoms with Crippen LogP contribution >= 0.6 is 56.7 Å². The molecule has 0 atom stereocenters. The third-order valence-electron chi connectivity index (χ3n) is 13.5. The number of ether oxygens (including phenoxy) is 2. The molecule has 0 bridgehead atoms. The Balaban J connectivity index is 0.984. The molecular formula is C58H56B2O2S5. The SMILES string of the molecule is Cc1cc(C)c(B(c2ccc(-c3ccc(-c4sc(-c5ccc(-c6ccc(B(c7c(C)cc(C)cc7C)c7c(C)cc(C)cc7C)s6)s5)c5c4OCCO5)s3)s2)c2c(C)cc(C)cc2C)c(C)c1. The second kappa shape index (κ2) is 18.2. The summed E-state index contributed by atoms with van der Waals surface area (Å²) in [5.41, 5.74) is 21.8. The van der Waals surface area contributed by atoms with Crippen molar-refractivity contribution in [1.29, 1.82) is 0 Å². The minimum absolute atomic E-state index is 0.165. The lowest BCUT2D eigenvalue weighted by Gasteiger charge is -2.23. The summed E-state index contributed by atoms with van der Waals surface area (Å²) in [4.78, 5) is 9.87. The summed E-state index contributed by atoms with van der Waals surface area (Å²) in [6.45, 7) is 28.6. The van der Waals surface area contributed by atoms with Crippen molar-refractivity contribution in [3.05, 3.63) is 164 Å². The zero-order valence-electron chi connectivity index (χ0n) is 40.7. The highest BCUT2D eigenvalue weighted by Crippen LogP contribution is 2.56. The van der Waals surface area contributed by atoms with E-state index in [1.54, 1.807) is 11.3 Å². The Hall–Kier alpha value is -4.89. The van der Waals surface area contributed by atoms with Gasteiger partial charge in [-0.2, -0.15) is 0 Å². The predicted octanol–water partition coefficient (Wildman–Crippen LogP) is 13.2. The molecule has 6 heterocycles. The van der Waals surface area contributed by atoms with Crippen molar-refractivity contribution in [2.75, 3.05) is 13.2 Å². The highest BCUT2D eigenvalue weighted by molar-refractivity contribution is 7.34. The van der Waals surface area contributed by atoms with Gasteiger partial charge in [0.25, 0.3) is 13.4 Å². The fourth-order valence-corrected chi connectivity index (χ4v) is 17.0. The van der Waals surface area contributed by atoms with E-state index >= 15 is 0 Å². The van der Waals surface area contributed by atoms with Gasteiger partial charge in [0.1, 0.15) is 13.2 Å². The lowest BCUT2D eigenvalue weighted by molar-refractivity contribution is 0.175. The fraction of sp³-hybridized carbons (Fsp3) is 0.241. The molecule has 4 aromatic carbocycles. The molecule has 5 aromatic heterocycles. The Bertz CT molecular complexity index is 2940. The van der Waals surface area contributed by atoms with Crippen molar-refractivity contribution in [2.24, 2.45) is 0 Å². The number of benzene rings is 4. The number of thiophene rings is 5. The van der Waals surface area contributed by atoms with Crippen LogP contribution < -0.4 is 40.9 Å². The zero-order valence-corrected chi connectivity index (χ0v) is 44.7. The van der Waals surface area contributed by atoms with Gasteiger partial charge in [-0.1, -0.05) is 149 Å². The van der Waals surface area contributed by atoms with Crippen LogP contribution in [-0.4, -0.2) is 26.6 Å². The van der Waals surface area contributed by atoms with E-state index in [4.69, 9.17) is 9.47 Å². The Kier molecular flexibility index (Phi) is 12.5. The largest absolute Gasteiger partial charge is 0.485 e. The Morgan fingerprint density at radius 1 is 0.313 bits per heavy atom. The van der Waals surface area contributed by atoms with Crippen molar-refractivity contribution >= 4 is 102 Å². The normalized spacial score (nSPS) is 12.3. The fourth-order valence-electron chi connectivity index (χ4n) is 11.2. The molecular weight excluding hydrogens is 911 g/mol. The summed E-state index contributed by atoms with van der Waals surface area (Å²) in [5, 5.41) is 0. The molecule has 0 radical (unpaired) electrons. The van der Waals surface area contributed by atoms with Gasteiger partial charge >= 0.3 is 0 Å². The van der Waals surface area contributed by atoms with Crippen LogP contribution in [-0.2, 0) is 0 Å². The van der Waals surface area contributed by atoms with E-state index in [0.717, 1.165) is 21.3 Å². The van der Waals surface area contributed by atoms with E-state index in [2.05, 4.69) is 180 Å². The summed E-state index contributed by atoms with van der Waals surface area (Å²) in [6.07, 6.45) is 0. The molecule has 67 heavy (non-hydrogen) atoms. The monoisotopic (exact) mass is 966 g/mol. The molecule has 0 unspecified atom stereocenters. The van der Waals surface area contributed by atoms with Gasteiger partial charge in [0, 0.05) is 29.3 Å². The molecule has 10 rings (SSSR count). The predicted molar refractivity (Wildman–Crippen MR) is 300 cm³/mol. The molecule has 0 N–H and O–H groups in total. The Morgan fingerprint density at radius 2 is 0.567 bits per heavy atom. The van der Waals surface area contributed by atoms with Gasteiger partial charge in [-0.25, -0.2) is 0 Å². The minimum atomic E-state index is 0.165. The molecule has 9 aromatic rings. The van der Waals surface area contributed by atoms with E-state index < -0.39 is 0 Å². The number of aryl methyl sites for hydroxylation is 12. The van der Waals surface area contributed by atoms with Crippen LogP contribution in [0.25, 0.3) is 39.0 Å². The second-order valence-electron chi connectivity index (χ2n) is 19.0. The molecule has 0 spiro atoms. The third kappa shape index (κ3) is 8.54. The first-order chi connectivity index (χ1) is 32.1. The highest BCUT2D eigenvalue weighted by atomic mass is 32.1. The summed E-state index contributed by atoms with van der Waals surface area (Å²) >= 11 is 9.37. The average Bonchev–Trinajstić information content (AvgIpc) is 4.11. The van der Waals surface area contributed by atoms with Crippen LogP contribution in [0.2, 0.25) is 0 Å². The maximum atomic E-state index is 6.48. The standard InChI is InChI=1S/C58H56B2O2S5/c1-31-23-35(5)51(36(6)24-31)59(52-37(7)25-32(2)26-38(52)8)49-19-17-45(65-49)43-13-15-47(63-43)57-55-56(62-22-21-61-55)58(67-57)48-16-14-44(64-48)46-18-20-50(66-46)60(53-39(9)27-33(3)28-40(53)10)54-41(11)29-34(4)30-42(54)12/h13-20,23-30H,21-22H2,1-12H3. The number of rotatable bonds is 10. The summed E-state index contributed by atoms with van der Waals surface area (Å²) in [7, 11) is 0. The van der Waals surface area contributed by atoms with E-state index in [1.165, 1.54) is 127 Å². The van der Waals surface area contributed by atoms with E-state index in [1.807, 2.05) is 45.3 Å². The molecule has 1 aliphatic rings. The third-order valence-corrected chi connectivity index (χ3v) is 19.8. The van der Waals surface area contributed by atoms with Crippen molar-refractivity contribution < 1.29 is 9.47 Å². The summed E-state index contributed by atoms with van der Waals surface area (Å²) < 4.78 is 15.7. The first-order valence-corrected chi connectivity index (χ1v) is 27.4. The molecule has 2 nitrogen and oxygen atoms in total. The van der Waals surface area contributed by atoms with Gasteiger partial charge in [0.15, 0.2) is 11.5 Å². The zero-order chi connectivity index (χ0) is 47.0. The van der Waals surface area contributed by atoms with Crippen molar-refractivity contribution in [3.63, 3.8) is 0 Å². The van der Waals surface area contributed by atoms with E-state index in [0.29, 0.717) is 13.2 Å². The first-order valence-electron chi connectivity index (χ1n) is 23.3. The maximum absolute atomic E-state index is 6.48.